The lowest BCUT2D eigenvalue weighted by molar-refractivity contribution is 0.0967. The van der Waals surface area contributed by atoms with E-state index in [1.54, 1.807) is 26.0 Å². The van der Waals surface area contributed by atoms with Gasteiger partial charge in [-0.15, -0.1) is 0 Å². The van der Waals surface area contributed by atoms with Gasteiger partial charge >= 0.3 is 7.82 Å². The molecule has 24 heavy (non-hydrogen) atoms. The van der Waals surface area contributed by atoms with Crippen molar-refractivity contribution in [2.45, 2.75) is 34.1 Å². The van der Waals surface area contributed by atoms with Crippen molar-refractivity contribution < 1.29 is 22.9 Å². The Morgan fingerprint density at radius 3 is 2.33 bits per heavy atom. The van der Waals surface area contributed by atoms with E-state index in [1.165, 1.54) is 0 Å². The van der Waals surface area contributed by atoms with Gasteiger partial charge in [0.1, 0.15) is 0 Å². The number of hydrogen-bond acceptors (Lipinski definition) is 5. The highest BCUT2D eigenvalue weighted by Gasteiger charge is 2.24. The molecule has 0 atom stereocenters. The Morgan fingerprint density at radius 1 is 1.12 bits per heavy atom. The van der Waals surface area contributed by atoms with Gasteiger partial charge in [0.25, 0.3) is 0 Å². The summed E-state index contributed by atoms with van der Waals surface area (Å²) in [5.41, 5.74) is 1.50. The van der Waals surface area contributed by atoms with Crippen molar-refractivity contribution in [1.29, 1.82) is 0 Å². The Bertz CT molecular complexity index is 585. The SMILES string of the molecule is CCOP(=O)(OCC)OC/C=C/c1ccccc1C(=O)CC(C)C. The number of ketones is 1. The zero-order chi connectivity index (χ0) is 18.0. The summed E-state index contributed by atoms with van der Waals surface area (Å²) in [6.45, 7) is 8.04. The van der Waals surface area contributed by atoms with Crippen LogP contribution in [0.1, 0.15) is 50.0 Å². The summed E-state index contributed by atoms with van der Waals surface area (Å²) in [6.07, 6.45) is 3.99. The zero-order valence-corrected chi connectivity index (χ0v) is 15.8. The molecular formula is C18H27O5P. The smallest absolute Gasteiger partial charge is 0.294 e. The first-order valence-corrected chi connectivity index (χ1v) is 9.70. The van der Waals surface area contributed by atoms with E-state index in [-0.39, 0.29) is 25.6 Å². The van der Waals surface area contributed by atoms with Crippen molar-refractivity contribution in [3.05, 3.63) is 41.5 Å². The molecule has 1 rings (SSSR count). The van der Waals surface area contributed by atoms with Crippen molar-refractivity contribution in [2.24, 2.45) is 5.92 Å². The van der Waals surface area contributed by atoms with E-state index in [9.17, 15) is 9.36 Å². The fraction of sp³-hybridized carbons (Fsp3) is 0.500. The first-order valence-electron chi connectivity index (χ1n) is 8.24. The Kier molecular flexibility index (Phi) is 9.16. The van der Waals surface area contributed by atoms with Crippen LogP contribution in [0.4, 0.5) is 0 Å². The number of phosphoric ester groups is 1. The van der Waals surface area contributed by atoms with Crippen LogP contribution in [0, 0.1) is 5.92 Å². The van der Waals surface area contributed by atoms with Gasteiger partial charge < -0.3 is 0 Å². The molecule has 5 nitrogen and oxygen atoms in total. The molecule has 1 aromatic carbocycles. The van der Waals surface area contributed by atoms with Crippen molar-refractivity contribution in [3.63, 3.8) is 0 Å². The number of hydrogen-bond donors (Lipinski definition) is 0. The average molecular weight is 354 g/mol. The molecule has 0 N–H and O–H groups in total. The molecule has 0 spiro atoms. The molecule has 0 bridgehead atoms. The van der Waals surface area contributed by atoms with Gasteiger partial charge in [-0.1, -0.05) is 50.3 Å². The van der Waals surface area contributed by atoms with E-state index in [0.29, 0.717) is 17.9 Å². The Morgan fingerprint density at radius 2 is 1.75 bits per heavy atom. The maximum absolute atomic E-state index is 12.3. The molecule has 0 saturated heterocycles. The summed E-state index contributed by atoms with van der Waals surface area (Å²) in [5, 5.41) is 0. The number of carbonyl (C=O) groups excluding carboxylic acids is 1. The molecule has 0 aromatic heterocycles. The minimum atomic E-state index is -3.51. The first-order chi connectivity index (χ1) is 11.4. The maximum atomic E-state index is 12.3. The minimum absolute atomic E-state index is 0.0734. The van der Waals surface area contributed by atoms with Gasteiger partial charge in [0.05, 0.1) is 19.8 Å². The number of Topliss-reactive ketones (excluding diaryl/α,β-unsaturated/α-hetero) is 1. The zero-order valence-electron chi connectivity index (χ0n) is 14.9. The summed E-state index contributed by atoms with van der Waals surface area (Å²) in [5.74, 6) is 0.418. The van der Waals surface area contributed by atoms with E-state index in [2.05, 4.69) is 0 Å². The molecule has 0 amide bonds. The molecule has 0 aliphatic heterocycles. The summed E-state index contributed by atoms with van der Waals surface area (Å²) in [6, 6.07) is 7.41. The normalized spacial score (nSPS) is 12.2. The molecule has 0 unspecified atom stereocenters. The highest BCUT2D eigenvalue weighted by Crippen LogP contribution is 2.49. The third kappa shape index (κ3) is 7.10. The second kappa shape index (κ2) is 10.6. The maximum Gasteiger partial charge on any atom is 0.475 e. The Labute approximate surface area is 144 Å². The van der Waals surface area contributed by atoms with Crippen molar-refractivity contribution >= 4 is 19.7 Å². The molecule has 0 aliphatic rings. The van der Waals surface area contributed by atoms with Crippen molar-refractivity contribution in [3.8, 4) is 0 Å². The van der Waals surface area contributed by atoms with Crippen molar-refractivity contribution in [1.82, 2.24) is 0 Å². The molecule has 6 heteroatoms. The topological polar surface area (TPSA) is 61.8 Å². The fourth-order valence-electron chi connectivity index (χ4n) is 2.11. The summed E-state index contributed by atoms with van der Waals surface area (Å²) in [4.78, 5) is 12.3. The second-order valence-electron chi connectivity index (χ2n) is 5.59. The summed E-state index contributed by atoms with van der Waals surface area (Å²) < 4.78 is 27.5. The van der Waals surface area contributed by atoms with Gasteiger partial charge in [0.2, 0.25) is 0 Å². The van der Waals surface area contributed by atoms with Gasteiger partial charge in [-0.2, -0.15) is 0 Å². The molecule has 0 heterocycles. The van der Waals surface area contributed by atoms with Crippen LogP contribution in [0.15, 0.2) is 30.3 Å². The highest BCUT2D eigenvalue weighted by molar-refractivity contribution is 7.48. The molecule has 0 radical (unpaired) electrons. The summed E-state index contributed by atoms with van der Waals surface area (Å²) >= 11 is 0. The number of phosphoric acid groups is 1. The standard InChI is InChI=1S/C18H27O5P/c1-5-21-24(20,22-6-2)23-13-9-11-16-10-7-8-12-17(16)18(19)14-15(3)4/h7-12,15H,5-6,13-14H2,1-4H3/b11-9+. The highest BCUT2D eigenvalue weighted by atomic mass is 31.2. The van der Waals surface area contributed by atoms with Crippen LogP contribution in [0.2, 0.25) is 0 Å². The van der Waals surface area contributed by atoms with E-state index in [1.807, 2.05) is 38.1 Å². The van der Waals surface area contributed by atoms with Gasteiger partial charge in [-0.05, 0) is 25.3 Å². The van der Waals surface area contributed by atoms with Crippen LogP contribution in [0.5, 0.6) is 0 Å². The van der Waals surface area contributed by atoms with Crippen LogP contribution < -0.4 is 0 Å². The lowest BCUT2D eigenvalue weighted by Crippen LogP contribution is -2.05. The van der Waals surface area contributed by atoms with Crippen LogP contribution in [-0.2, 0) is 18.1 Å². The van der Waals surface area contributed by atoms with Crippen LogP contribution in [-0.4, -0.2) is 25.6 Å². The van der Waals surface area contributed by atoms with Crippen molar-refractivity contribution in [2.75, 3.05) is 19.8 Å². The lowest BCUT2D eigenvalue weighted by atomic mass is 9.97. The second-order valence-corrected chi connectivity index (χ2v) is 7.26. The number of benzene rings is 1. The quantitative estimate of drug-likeness (QED) is 0.407. The largest absolute Gasteiger partial charge is 0.475 e. The fourth-order valence-corrected chi connectivity index (χ4v) is 3.24. The predicted molar refractivity (Wildman–Crippen MR) is 96.1 cm³/mol. The number of carbonyl (C=O) groups is 1. The van der Waals surface area contributed by atoms with Crippen LogP contribution in [0.3, 0.4) is 0 Å². The monoisotopic (exact) mass is 354 g/mol. The lowest BCUT2D eigenvalue weighted by Gasteiger charge is -2.15. The number of rotatable bonds is 11. The van der Waals surface area contributed by atoms with Gasteiger partial charge in [0.15, 0.2) is 5.78 Å². The third-order valence-electron chi connectivity index (χ3n) is 3.06. The van der Waals surface area contributed by atoms with Crippen LogP contribution in [0.25, 0.3) is 6.08 Å². The van der Waals surface area contributed by atoms with Gasteiger partial charge in [-0.3, -0.25) is 18.4 Å². The minimum Gasteiger partial charge on any atom is -0.294 e. The van der Waals surface area contributed by atoms with E-state index >= 15 is 0 Å². The molecule has 0 fully saturated rings. The van der Waals surface area contributed by atoms with E-state index in [0.717, 1.165) is 5.56 Å². The molecule has 134 valence electrons. The van der Waals surface area contributed by atoms with Gasteiger partial charge in [-0.25, -0.2) is 4.57 Å². The van der Waals surface area contributed by atoms with E-state index in [4.69, 9.17) is 13.6 Å². The predicted octanol–water partition coefficient (Wildman–Crippen LogP) is 5.13. The molecule has 1 aromatic rings. The third-order valence-corrected chi connectivity index (χ3v) is 4.67. The van der Waals surface area contributed by atoms with Crippen LogP contribution >= 0.6 is 7.82 Å². The molecule has 0 aliphatic carbocycles. The first kappa shape index (κ1) is 20.8. The Balaban J connectivity index is 2.74. The summed E-state index contributed by atoms with van der Waals surface area (Å²) in [7, 11) is -3.51. The average Bonchev–Trinajstić information content (AvgIpc) is 2.52. The van der Waals surface area contributed by atoms with Gasteiger partial charge in [0, 0.05) is 12.0 Å². The Hall–Kier alpha value is -1.26. The molecule has 0 saturated carbocycles. The molecular weight excluding hydrogens is 327 g/mol. The van der Waals surface area contributed by atoms with E-state index < -0.39 is 7.82 Å².